The van der Waals surface area contributed by atoms with Gasteiger partial charge in [0.25, 0.3) is 0 Å². The van der Waals surface area contributed by atoms with Crippen LogP contribution < -0.4 is 5.32 Å². The molecule has 0 aromatic heterocycles. The molecule has 3 rings (SSSR count). The first-order valence-electron chi connectivity index (χ1n) is 9.85. The number of piperidine rings is 1. The largest absolute Gasteiger partial charge is 0.326 e. The molecule has 0 unspecified atom stereocenters. The van der Waals surface area contributed by atoms with Crippen LogP contribution >= 0.6 is 11.6 Å². The van der Waals surface area contributed by atoms with Crippen molar-refractivity contribution in [1.29, 1.82) is 0 Å². The number of benzene rings is 2. The molecule has 0 bridgehead atoms. The molecule has 1 heterocycles. The molecule has 0 atom stereocenters. The maximum Gasteiger partial charge on any atom is 0.243 e. The molecule has 156 valence electrons. The second kappa shape index (κ2) is 8.86. The van der Waals surface area contributed by atoms with Crippen molar-refractivity contribution in [2.45, 2.75) is 44.4 Å². The topological polar surface area (TPSA) is 66.5 Å². The maximum absolute atomic E-state index is 12.9. The van der Waals surface area contributed by atoms with Crippen molar-refractivity contribution in [1.82, 2.24) is 4.31 Å². The molecule has 1 N–H and O–H groups in total. The maximum atomic E-state index is 12.9. The molecule has 1 saturated heterocycles. The van der Waals surface area contributed by atoms with Crippen LogP contribution in [-0.2, 0) is 14.8 Å². The summed E-state index contributed by atoms with van der Waals surface area (Å²) in [5, 5.41) is 3.50. The van der Waals surface area contributed by atoms with Gasteiger partial charge in [-0.25, -0.2) is 8.42 Å². The Labute approximate surface area is 178 Å². The van der Waals surface area contributed by atoms with E-state index in [1.807, 2.05) is 25.1 Å². The molecule has 2 aromatic rings. The minimum absolute atomic E-state index is 0.0892. The van der Waals surface area contributed by atoms with E-state index in [9.17, 15) is 13.2 Å². The lowest BCUT2D eigenvalue weighted by Gasteiger charge is -2.30. The van der Waals surface area contributed by atoms with Crippen molar-refractivity contribution >= 4 is 33.2 Å². The quantitative estimate of drug-likeness (QED) is 0.734. The van der Waals surface area contributed by atoms with E-state index >= 15 is 0 Å². The highest BCUT2D eigenvalue weighted by atomic mass is 35.5. The van der Waals surface area contributed by atoms with E-state index in [2.05, 4.69) is 19.2 Å². The number of carbonyl (C=O) groups is 1. The van der Waals surface area contributed by atoms with Gasteiger partial charge in [-0.1, -0.05) is 43.6 Å². The third-order valence-corrected chi connectivity index (χ3v) is 7.61. The van der Waals surface area contributed by atoms with Crippen molar-refractivity contribution in [3.05, 3.63) is 58.6 Å². The predicted molar refractivity (Wildman–Crippen MR) is 117 cm³/mol. The number of amides is 1. The van der Waals surface area contributed by atoms with Gasteiger partial charge in [0.15, 0.2) is 0 Å². The standard InChI is InChI=1S/C22H27ClN2O3S/c1-15(2)17-5-8-20(9-6-17)29(27,28)25-12-10-18(11-13-25)22(26)24-21-14-19(23)7-4-16(21)3/h4-9,14-15,18H,10-13H2,1-3H3,(H,24,26). The van der Waals surface area contributed by atoms with Crippen molar-refractivity contribution in [3.63, 3.8) is 0 Å². The molecule has 1 fully saturated rings. The zero-order valence-corrected chi connectivity index (χ0v) is 18.6. The predicted octanol–water partition coefficient (Wildman–Crippen LogP) is 4.81. The van der Waals surface area contributed by atoms with Crippen molar-refractivity contribution in [3.8, 4) is 0 Å². The summed E-state index contributed by atoms with van der Waals surface area (Å²) in [5.41, 5.74) is 2.74. The van der Waals surface area contributed by atoms with Crippen molar-refractivity contribution in [2.75, 3.05) is 18.4 Å². The lowest BCUT2D eigenvalue weighted by atomic mass is 9.97. The molecule has 7 heteroatoms. The SMILES string of the molecule is Cc1ccc(Cl)cc1NC(=O)C1CCN(S(=O)(=O)c2ccc(C(C)C)cc2)CC1. The van der Waals surface area contributed by atoms with Crippen LogP contribution in [0.3, 0.4) is 0 Å². The number of hydrogen-bond donors (Lipinski definition) is 1. The smallest absolute Gasteiger partial charge is 0.243 e. The zero-order valence-electron chi connectivity index (χ0n) is 17.0. The highest BCUT2D eigenvalue weighted by molar-refractivity contribution is 7.89. The number of carbonyl (C=O) groups excluding carboxylic acids is 1. The number of hydrogen-bond acceptors (Lipinski definition) is 3. The van der Waals surface area contributed by atoms with E-state index in [1.54, 1.807) is 24.3 Å². The molecule has 0 spiro atoms. The molecule has 5 nitrogen and oxygen atoms in total. The van der Waals surface area contributed by atoms with Gasteiger partial charge in [0.05, 0.1) is 4.90 Å². The second-order valence-electron chi connectivity index (χ2n) is 7.85. The Balaban J connectivity index is 1.63. The second-order valence-corrected chi connectivity index (χ2v) is 10.2. The lowest BCUT2D eigenvalue weighted by molar-refractivity contribution is -0.120. The third kappa shape index (κ3) is 5.00. The first-order chi connectivity index (χ1) is 13.7. The van der Waals surface area contributed by atoms with Gasteiger partial charge in [-0.3, -0.25) is 4.79 Å². The highest BCUT2D eigenvalue weighted by Crippen LogP contribution is 2.27. The Morgan fingerprint density at radius 2 is 1.72 bits per heavy atom. The van der Waals surface area contributed by atoms with Crippen molar-refractivity contribution in [2.24, 2.45) is 5.92 Å². The average molecular weight is 435 g/mol. The highest BCUT2D eigenvalue weighted by Gasteiger charge is 2.32. The fourth-order valence-electron chi connectivity index (χ4n) is 3.50. The summed E-state index contributed by atoms with van der Waals surface area (Å²) in [6, 6.07) is 12.4. The summed E-state index contributed by atoms with van der Waals surface area (Å²) in [4.78, 5) is 12.9. The number of halogens is 1. The van der Waals surface area contributed by atoms with Gasteiger partial charge < -0.3 is 5.32 Å². The fourth-order valence-corrected chi connectivity index (χ4v) is 5.14. The Morgan fingerprint density at radius 1 is 1.10 bits per heavy atom. The molecule has 29 heavy (non-hydrogen) atoms. The third-order valence-electron chi connectivity index (χ3n) is 5.47. The number of anilines is 1. The van der Waals surface area contributed by atoms with Gasteiger partial charge in [0.1, 0.15) is 0 Å². The summed E-state index contributed by atoms with van der Waals surface area (Å²) < 4.78 is 27.3. The van der Waals surface area contributed by atoms with Gasteiger partial charge in [-0.15, -0.1) is 0 Å². The Hall–Kier alpha value is -1.89. The van der Waals surface area contributed by atoms with Crippen LogP contribution in [0.15, 0.2) is 47.4 Å². The number of nitrogens with one attached hydrogen (secondary N) is 1. The molecule has 0 aliphatic carbocycles. The van der Waals surface area contributed by atoms with E-state index in [0.717, 1.165) is 11.1 Å². The van der Waals surface area contributed by atoms with E-state index in [-0.39, 0.29) is 11.8 Å². The molecule has 1 amide bonds. The van der Waals surface area contributed by atoms with E-state index < -0.39 is 10.0 Å². The minimum atomic E-state index is -3.54. The van der Waals surface area contributed by atoms with Gasteiger partial charge in [-0.05, 0) is 61.1 Å². The molecular formula is C22H27ClN2O3S. The zero-order chi connectivity index (χ0) is 21.2. The van der Waals surface area contributed by atoms with Gasteiger partial charge in [0.2, 0.25) is 15.9 Å². The Kier molecular flexibility index (Phi) is 6.66. The van der Waals surface area contributed by atoms with Crippen LogP contribution in [0, 0.1) is 12.8 Å². The number of rotatable bonds is 5. The Morgan fingerprint density at radius 3 is 2.31 bits per heavy atom. The molecule has 0 saturated carbocycles. The van der Waals surface area contributed by atoms with Crippen LogP contribution in [0.5, 0.6) is 0 Å². The normalized spacial score (nSPS) is 16.2. The molecular weight excluding hydrogens is 408 g/mol. The summed E-state index contributed by atoms with van der Waals surface area (Å²) in [5.74, 6) is 0.0426. The van der Waals surface area contributed by atoms with E-state index in [1.165, 1.54) is 4.31 Å². The van der Waals surface area contributed by atoms with Crippen LogP contribution in [0.4, 0.5) is 5.69 Å². The van der Waals surface area contributed by atoms with Crippen molar-refractivity contribution < 1.29 is 13.2 Å². The molecule has 1 aliphatic heterocycles. The fraction of sp³-hybridized carbons (Fsp3) is 0.409. The van der Waals surface area contributed by atoms with Crippen LogP contribution in [0.2, 0.25) is 5.02 Å². The van der Waals surface area contributed by atoms with Crippen LogP contribution in [0.25, 0.3) is 0 Å². The summed E-state index contributed by atoms with van der Waals surface area (Å²) in [6.45, 7) is 6.72. The van der Waals surface area contributed by atoms with Gasteiger partial charge >= 0.3 is 0 Å². The van der Waals surface area contributed by atoms with E-state index in [0.29, 0.717) is 47.5 Å². The monoisotopic (exact) mass is 434 g/mol. The van der Waals surface area contributed by atoms with Gasteiger partial charge in [-0.2, -0.15) is 4.31 Å². The van der Waals surface area contributed by atoms with Crippen LogP contribution in [0.1, 0.15) is 43.7 Å². The molecule has 0 radical (unpaired) electrons. The van der Waals surface area contributed by atoms with Crippen LogP contribution in [-0.4, -0.2) is 31.7 Å². The minimum Gasteiger partial charge on any atom is -0.326 e. The number of aryl methyl sites for hydroxylation is 1. The number of sulfonamides is 1. The lowest BCUT2D eigenvalue weighted by Crippen LogP contribution is -2.41. The summed E-state index contributed by atoms with van der Waals surface area (Å²) in [6.07, 6.45) is 0.990. The molecule has 1 aliphatic rings. The first kappa shape index (κ1) is 21.8. The summed E-state index contributed by atoms with van der Waals surface area (Å²) in [7, 11) is -3.54. The summed E-state index contributed by atoms with van der Waals surface area (Å²) >= 11 is 6.02. The average Bonchev–Trinajstić information content (AvgIpc) is 2.71. The Bertz CT molecular complexity index is 980. The van der Waals surface area contributed by atoms with E-state index in [4.69, 9.17) is 11.6 Å². The first-order valence-corrected chi connectivity index (χ1v) is 11.7. The molecule has 2 aromatic carbocycles. The number of nitrogens with zero attached hydrogens (tertiary/aromatic N) is 1. The van der Waals surface area contributed by atoms with Gasteiger partial charge in [0, 0.05) is 29.7 Å².